The second kappa shape index (κ2) is 10.8. The minimum Gasteiger partial charge on any atom is -0.457 e. The van der Waals surface area contributed by atoms with Crippen LogP contribution < -0.4 is 15.4 Å². The van der Waals surface area contributed by atoms with E-state index in [1.807, 2.05) is 71.2 Å². The fraction of sp³-hybridized carbons (Fsp3) is 0.308. The van der Waals surface area contributed by atoms with Gasteiger partial charge in [0, 0.05) is 37.8 Å². The number of aromatic nitrogens is 2. The number of carbonyl (C=O) groups is 1. The molecule has 1 saturated heterocycles. The van der Waals surface area contributed by atoms with Gasteiger partial charge in [0.15, 0.2) is 0 Å². The Hall–Kier alpha value is -3.58. The van der Waals surface area contributed by atoms with Crippen LogP contribution in [0, 0.1) is 0 Å². The van der Waals surface area contributed by atoms with Crippen LogP contribution in [0.5, 0.6) is 11.5 Å². The van der Waals surface area contributed by atoms with Crippen LogP contribution >= 0.6 is 0 Å². The fourth-order valence-electron chi connectivity index (χ4n) is 4.06. The van der Waals surface area contributed by atoms with Crippen LogP contribution in [-0.2, 0) is 4.79 Å². The van der Waals surface area contributed by atoms with Gasteiger partial charge in [-0.1, -0.05) is 24.8 Å². The summed E-state index contributed by atoms with van der Waals surface area (Å²) in [5.74, 6) is 2.53. The van der Waals surface area contributed by atoms with Crippen LogP contribution in [-0.4, -0.2) is 53.8 Å². The first-order chi connectivity index (χ1) is 16.2. The second-order valence-corrected chi connectivity index (χ2v) is 8.11. The van der Waals surface area contributed by atoms with Crippen molar-refractivity contribution in [1.82, 2.24) is 20.0 Å². The molecule has 2 heterocycles. The molecule has 1 aliphatic rings. The summed E-state index contributed by atoms with van der Waals surface area (Å²) < 4.78 is 7.96. The number of likely N-dealkylation sites (N-methyl/N-ethyl adjacent to an activating group) is 1. The molecule has 0 radical (unpaired) electrons. The van der Waals surface area contributed by atoms with Gasteiger partial charge in [-0.25, -0.2) is 4.68 Å². The number of anilines is 1. The van der Waals surface area contributed by atoms with Crippen LogP contribution in [0.3, 0.4) is 0 Å². The van der Waals surface area contributed by atoms with E-state index in [4.69, 9.17) is 9.84 Å². The number of likely N-dealkylation sites (tertiary alicyclic amines) is 1. The number of ether oxygens (including phenoxy) is 1. The first kappa shape index (κ1) is 22.6. The Balaban J connectivity index is 1.55. The molecule has 172 valence electrons. The summed E-state index contributed by atoms with van der Waals surface area (Å²) in [6, 6.07) is 19.9. The van der Waals surface area contributed by atoms with Gasteiger partial charge in [-0.15, -0.1) is 0 Å². The standard InChI is InChI=1S/C26H31N5O2/c1-3-26(32)30-17-7-8-21(19-30)31-25(28-16-15-27-2)18-24(29-31)20-11-13-23(14-12-20)33-22-9-5-4-6-10-22/h3-6,9-14,18,21,27-28H,1,7-8,15-17,19H2,2H3. The lowest BCUT2D eigenvalue weighted by Gasteiger charge is -2.33. The summed E-state index contributed by atoms with van der Waals surface area (Å²) >= 11 is 0. The highest BCUT2D eigenvalue weighted by Crippen LogP contribution is 2.30. The normalized spacial score (nSPS) is 15.8. The van der Waals surface area contributed by atoms with Crippen LogP contribution in [0.2, 0.25) is 0 Å². The Kier molecular flexibility index (Phi) is 7.42. The van der Waals surface area contributed by atoms with Crippen molar-refractivity contribution in [2.45, 2.75) is 18.9 Å². The molecule has 0 aliphatic carbocycles. The van der Waals surface area contributed by atoms with Crippen molar-refractivity contribution in [1.29, 1.82) is 0 Å². The number of hydrogen-bond donors (Lipinski definition) is 2. The summed E-state index contributed by atoms with van der Waals surface area (Å²) in [7, 11) is 1.93. The highest BCUT2D eigenvalue weighted by atomic mass is 16.5. The molecule has 7 heteroatoms. The number of nitrogens with one attached hydrogen (secondary N) is 2. The first-order valence-corrected chi connectivity index (χ1v) is 11.4. The lowest BCUT2D eigenvalue weighted by molar-refractivity contribution is -0.127. The molecule has 1 atom stereocenters. The fourth-order valence-corrected chi connectivity index (χ4v) is 4.06. The number of hydrogen-bond acceptors (Lipinski definition) is 5. The number of rotatable bonds is 9. The van der Waals surface area contributed by atoms with E-state index in [1.165, 1.54) is 6.08 Å². The smallest absolute Gasteiger partial charge is 0.246 e. The summed E-state index contributed by atoms with van der Waals surface area (Å²) in [5.41, 5.74) is 1.90. The number of amides is 1. The largest absolute Gasteiger partial charge is 0.457 e. The molecule has 2 aromatic carbocycles. The van der Waals surface area contributed by atoms with Gasteiger partial charge >= 0.3 is 0 Å². The molecular weight excluding hydrogens is 414 g/mol. The molecular formula is C26H31N5O2. The van der Waals surface area contributed by atoms with E-state index in [0.29, 0.717) is 6.54 Å². The quantitative estimate of drug-likeness (QED) is 0.379. The Morgan fingerprint density at radius 2 is 1.91 bits per heavy atom. The molecule has 1 amide bonds. The third-order valence-corrected chi connectivity index (χ3v) is 5.77. The average molecular weight is 446 g/mol. The molecule has 1 unspecified atom stereocenters. The maximum atomic E-state index is 12.2. The van der Waals surface area contributed by atoms with Crippen molar-refractivity contribution in [3.8, 4) is 22.8 Å². The van der Waals surface area contributed by atoms with Crippen LogP contribution in [0.4, 0.5) is 5.82 Å². The van der Waals surface area contributed by atoms with E-state index in [-0.39, 0.29) is 11.9 Å². The average Bonchev–Trinajstić information content (AvgIpc) is 3.29. The highest BCUT2D eigenvalue weighted by Gasteiger charge is 2.26. The minimum absolute atomic E-state index is 0.0224. The Labute approximate surface area is 195 Å². The SMILES string of the molecule is C=CC(=O)N1CCCC(n2nc(-c3ccc(Oc4ccccc4)cc3)cc2NCCNC)C1. The van der Waals surface area contributed by atoms with Gasteiger partial charge in [0.2, 0.25) is 5.91 Å². The summed E-state index contributed by atoms with van der Waals surface area (Å²) in [5, 5.41) is 11.6. The second-order valence-electron chi connectivity index (χ2n) is 8.11. The van der Waals surface area contributed by atoms with E-state index in [0.717, 1.165) is 61.1 Å². The van der Waals surface area contributed by atoms with Gasteiger partial charge < -0.3 is 20.3 Å². The van der Waals surface area contributed by atoms with Crippen molar-refractivity contribution in [2.24, 2.45) is 0 Å². The number of benzene rings is 2. The van der Waals surface area contributed by atoms with Gasteiger partial charge in [0.1, 0.15) is 17.3 Å². The Bertz CT molecular complexity index is 1060. The molecule has 3 aromatic rings. The highest BCUT2D eigenvalue weighted by molar-refractivity contribution is 5.87. The molecule has 0 bridgehead atoms. The van der Waals surface area contributed by atoms with Crippen molar-refractivity contribution in [2.75, 3.05) is 38.5 Å². The van der Waals surface area contributed by atoms with Crippen LogP contribution in [0.1, 0.15) is 18.9 Å². The van der Waals surface area contributed by atoms with E-state index in [2.05, 4.69) is 23.3 Å². The molecule has 4 rings (SSSR count). The van der Waals surface area contributed by atoms with Gasteiger partial charge in [0.05, 0.1) is 11.7 Å². The number of nitrogens with zero attached hydrogens (tertiary/aromatic N) is 3. The molecule has 1 aromatic heterocycles. The van der Waals surface area contributed by atoms with Crippen LogP contribution in [0.15, 0.2) is 73.3 Å². The van der Waals surface area contributed by atoms with Crippen molar-refractivity contribution < 1.29 is 9.53 Å². The van der Waals surface area contributed by atoms with Gasteiger partial charge in [-0.2, -0.15) is 5.10 Å². The van der Waals surface area contributed by atoms with E-state index in [1.54, 1.807) is 0 Å². The number of carbonyl (C=O) groups excluding carboxylic acids is 1. The molecule has 7 nitrogen and oxygen atoms in total. The van der Waals surface area contributed by atoms with Gasteiger partial charge in [0.25, 0.3) is 0 Å². The lowest BCUT2D eigenvalue weighted by Crippen LogP contribution is -2.40. The molecule has 0 saturated carbocycles. The third-order valence-electron chi connectivity index (χ3n) is 5.77. The molecule has 2 N–H and O–H groups in total. The number of para-hydroxylation sites is 1. The summed E-state index contributed by atoms with van der Waals surface area (Å²) in [4.78, 5) is 14.0. The zero-order valence-corrected chi connectivity index (χ0v) is 19.0. The zero-order valence-electron chi connectivity index (χ0n) is 19.0. The predicted molar refractivity (Wildman–Crippen MR) is 132 cm³/mol. The molecule has 1 fully saturated rings. The lowest BCUT2D eigenvalue weighted by atomic mass is 10.1. The monoisotopic (exact) mass is 445 g/mol. The maximum Gasteiger partial charge on any atom is 0.246 e. The molecule has 33 heavy (non-hydrogen) atoms. The van der Waals surface area contributed by atoms with E-state index < -0.39 is 0 Å². The van der Waals surface area contributed by atoms with Gasteiger partial charge in [-0.3, -0.25) is 4.79 Å². The maximum absolute atomic E-state index is 12.2. The Morgan fingerprint density at radius 1 is 1.15 bits per heavy atom. The molecule has 1 aliphatic heterocycles. The predicted octanol–water partition coefficient (Wildman–Crippen LogP) is 4.32. The van der Waals surface area contributed by atoms with Gasteiger partial charge in [-0.05, 0) is 62.4 Å². The minimum atomic E-state index is -0.0224. The Morgan fingerprint density at radius 3 is 2.64 bits per heavy atom. The van der Waals surface area contributed by atoms with Crippen molar-refractivity contribution >= 4 is 11.7 Å². The summed E-state index contributed by atoms with van der Waals surface area (Å²) in [6.07, 6.45) is 3.32. The van der Waals surface area contributed by atoms with Crippen LogP contribution in [0.25, 0.3) is 11.3 Å². The van der Waals surface area contributed by atoms with Crippen molar-refractivity contribution in [3.05, 3.63) is 73.3 Å². The zero-order chi connectivity index (χ0) is 23.0. The summed E-state index contributed by atoms with van der Waals surface area (Å²) in [6.45, 7) is 6.67. The molecule has 0 spiro atoms. The van der Waals surface area contributed by atoms with E-state index >= 15 is 0 Å². The van der Waals surface area contributed by atoms with E-state index in [9.17, 15) is 4.79 Å². The van der Waals surface area contributed by atoms with Crippen molar-refractivity contribution in [3.63, 3.8) is 0 Å². The first-order valence-electron chi connectivity index (χ1n) is 11.4. The third kappa shape index (κ3) is 5.62. The topological polar surface area (TPSA) is 71.4 Å². The number of piperidine rings is 1.